The van der Waals surface area contributed by atoms with Crippen molar-refractivity contribution in [2.24, 2.45) is 0 Å². The number of methoxy groups -OCH3 is 2. The number of benzene rings is 2. The van der Waals surface area contributed by atoms with Crippen molar-refractivity contribution in [2.45, 2.75) is 32.2 Å². The van der Waals surface area contributed by atoms with Crippen molar-refractivity contribution < 1.29 is 19.0 Å². The zero-order valence-electron chi connectivity index (χ0n) is 16.3. The Bertz CT molecular complexity index is 803. The number of carbonyl (C=O) groups excluding carboxylic acids is 1. The number of hydrogen-bond acceptors (Lipinski definition) is 4. The summed E-state index contributed by atoms with van der Waals surface area (Å²) < 4.78 is 16.3. The van der Waals surface area contributed by atoms with Gasteiger partial charge in [-0.3, -0.25) is 4.79 Å². The molecule has 27 heavy (non-hydrogen) atoms. The Morgan fingerprint density at radius 1 is 0.963 bits per heavy atom. The van der Waals surface area contributed by atoms with Crippen LogP contribution in [0, 0.1) is 0 Å². The third-order valence-electron chi connectivity index (χ3n) is 4.98. The molecule has 0 aliphatic heterocycles. The van der Waals surface area contributed by atoms with Gasteiger partial charge in [-0.05, 0) is 66.6 Å². The third kappa shape index (κ3) is 4.73. The summed E-state index contributed by atoms with van der Waals surface area (Å²) in [6.07, 6.45) is 4.72. The van der Waals surface area contributed by atoms with Crippen LogP contribution in [0.1, 0.15) is 29.5 Å². The SMILES string of the molecule is COc1ccc(CN(C)C(=O)COc2ccc3c(c2)CCCC3)cc1OC. The summed E-state index contributed by atoms with van der Waals surface area (Å²) in [7, 11) is 4.98. The molecule has 1 aliphatic rings. The lowest BCUT2D eigenvalue weighted by Gasteiger charge is -2.20. The zero-order chi connectivity index (χ0) is 19.2. The van der Waals surface area contributed by atoms with Crippen molar-refractivity contribution in [1.29, 1.82) is 0 Å². The summed E-state index contributed by atoms with van der Waals surface area (Å²) in [5, 5.41) is 0. The molecule has 5 heteroatoms. The molecule has 1 amide bonds. The summed E-state index contributed by atoms with van der Waals surface area (Å²) in [6, 6.07) is 11.8. The van der Waals surface area contributed by atoms with Gasteiger partial charge in [-0.1, -0.05) is 12.1 Å². The number of hydrogen-bond donors (Lipinski definition) is 0. The predicted octanol–water partition coefficient (Wildman–Crippen LogP) is 3.62. The summed E-state index contributed by atoms with van der Waals surface area (Å²) in [4.78, 5) is 14.1. The molecule has 2 aromatic rings. The molecule has 0 heterocycles. The molecule has 0 fully saturated rings. The molecule has 5 nitrogen and oxygen atoms in total. The standard InChI is InChI=1S/C22H27NO4/c1-23(14-16-8-11-20(25-2)21(12-16)26-3)22(24)15-27-19-10-9-17-6-4-5-7-18(17)13-19/h8-13H,4-7,14-15H2,1-3H3. The molecule has 0 aromatic heterocycles. The minimum Gasteiger partial charge on any atom is -0.493 e. The van der Waals surface area contributed by atoms with Crippen molar-refractivity contribution in [1.82, 2.24) is 4.90 Å². The van der Waals surface area contributed by atoms with Crippen molar-refractivity contribution in [3.05, 3.63) is 53.1 Å². The Labute approximate surface area is 160 Å². The fourth-order valence-corrected chi connectivity index (χ4v) is 3.40. The summed E-state index contributed by atoms with van der Waals surface area (Å²) in [6.45, 7) is 0.509. The van der Waals surface area contributed by atoms with Crippen LogP contribution in [0.15, 0.2) is 36.4 Å². The summed E-state index contributed by atoms with van der Waals surface area (Å²) >= 11 is 0. The maximum Gasteiger partial charge on any atom is 0.260 e. The monoisotopic (exact) mass is 369 g/mol. The number of nitrogens with zero attached hydrogens (tertiary/aromatic N) is 1. The quantitative estimate of drug-likeness (QED) is 0.748. The second kappa shape index (κ2) is 8.80. The average Bonchev–Trinajstić information content (AvgIpc) is 2.71. The smallest absolute Gasteiger partial charge is 0.260 e. The first kappa shape index (κ1) is 19.1. The van der Waals surface area contributed by atoms with E-state index in [9.17, 15) is 4.79 Å². The van der Waals surface area contributed by atoms with Crippen LogP contribution in [-0.4, -0.2) is 38.7 Å². The van der Waals surface area contributed by atoms with Crippen LogP contribution in [0.4, 0.5) is 0 Å². The lowest BCUT2D eigenvalue weighted by Crippen LogP contribution is -2.31. The van der Waals surface area contributed by atoms with E-state index >= 15 is 0 Å². The van der Waals surface area contributed by atoms with E-state index in [1.807, 2.05) is 24.3 Å². The van der Waals surface area contributed by atoms with Crippen LogP contribution >= 0.6 is 0 Å². The summed E-state index contributed by atoms with van der Waals surface area (Å²) in [5.41, 5.74) is 3.73. The molecule has 0 saturated heterocycles. The van der Waals surface area contributed by atoms with Crippen molar-refractivity contribution in [3.63, 3.8) is 0 Å². The molecule has 0 unspecified atom stereocenters. The van der Waals surface area contributed by atoms with Crippen molar-refractivity contribution in [2.75, 3.05) is 27.9 Å². The van der Waals surface area contributed by atoms with Gasteiger partial charge in [-0.15, -0.1) is 0 Å². The van der Waals surface area contributed by atoms with Gasteiger partial charge in [-0.25, -0.2) is 0 Å². The van der Waals surface area contributed by atoms with Gasteiger partial charge >= 0.3 is 0 Å². The topological polar surface area (TPSA) is 48.0 Å². The fraction of sp³-hybridized carbons (Fsp3) is 0.409. The van der Waals surface area contributed by atoms with E-state index in [-0.39, 0.29) is 12.5 Å². The van der Waals surface area contributed by atoms with Gasteiger partial charge in [0.25, 0.3) is 5.91 Å². The number of likely N-dealkylation sites (N-methyl/N-ethyl adjacent to an activating group) is 1. The van der Waals surface area contributed by atoms with E-state index in [0.717, 1.165) is 24.2 Å². The highest BCUT2D eigenvalue weighted by molar-refractivity contribution is 5.77. The van der Waals surface area contributed by atoms with E-state index in [2.05, 4.69) is 12.1 Å². The first-order chi connectivity index (χ1) is 13.1. The van der Waals surface area contributed by atoms with Gasteiger partial charge in [0.15, 0.2) is 18.1 Å². The first-order valence-electron chi connectivity index (χ1n) is 9.30. The second-order valence-electron chi connectivity index (χ2n) is 6.87. The fourth-order valence-electron chi connectivity index (χ4n) is 3.40. The highest BCUT2D eigenvalue weighted by Gasteiger charge is 2.14. The van der Waals surface area contributed by atoms with Crippen molar-refractivity contribution >= 4 is 5.91 Å². The molecule has 144 valence electrons. The Morgan fingerprint density at radius 3 is 2.44 bits per heavy atom. The first-order valence-corrected chi connectivity index (χ1v) is 9.30. The minimum absolute atomic E-state index is 0.0303. The lowest BCUT2D eigenvalue weighted by atomic mass is 9.92. The van der Waals surface area contributed by atoms with E-state index < -0.39 is 0 Å². The molecule has 2 aromatic carbocycles. The van der Waals surface area contributed by atoms with Gasteiger partial charge in [0.05, 0.1) is 14.2 Å². The number of ether oxygens (including phenoxy) is 3. The normalized spacial score (nSPS) is 12.9. The predicted molar refractivity (Wildman–Crippen MR) is 105 cm³/mol. The number of carbonyl (C=O) groups is 1. The molecule has 3 rings (SSSR count). The Hall–Kier alpha value is -2.69. The van der Waals surface area contributed by atoms with Crippen LogP contribution in [0.2, 0.25) is 0 Å². The Morgan fingerprint density at radius 2 is 1.70 bits per heavy atom. The highest BCUT2D eigenvalue weighted by Crippen LogP contribution is 2.28. The molecular weight excluding hydrogens is 342 g/mol. The molecule has 0 radical (unpaired) electrons. The van der Waals surface area contributed by atoms with Crippen LogP contribution in [0.25, 0.3) is 0 Å². The van der Waals surface area contributed by atoms with Gasteiger partial charge in [0, 0.05) is 13.6 Å². The van der Waals surface area contributed by atoms with E-state index in [0.29, 0.717) is 18.0 Å². The molecule has 0 N–H and O–H groups in total. The van der Waals surface area contributed by atoms with Gasteiger partial charge in [-0.2, -0.15) is 0 Å². The second-order valence-corrected chi connectivity index (χ2v) is 6.87. The molecular formula is C22H27NO4. The Kier molecular flexibility index (Phi) is 6.22. The molecule has 0 saturated carbocycles. The van der Waals surface area contributed by atoms with Gasteiger partial charge < -0.3 is 19.1 Å². The van der Waals surface area contributed by atoms with Crippen LogP contribution in [-0.2, 0) is 24.2 Å². The van der Waals surface area contributed by atoms with Crippen LogP contribution in [0.5, 0.6) is 17.2 Å². The summed E-state index contributed by atoms with van der Waals surface area (Å²) in [5.74, 6) is 2.03. The third-order valence-corrected chi connectivity index (χ3v) is 4.98. The highest BCUT2D eigenvalue weighted by atomic mass is 16.5. The number of aryl methyl sites for hydroxylation is 2. The number of fused-ring (bicyclic) bond motifs is 1. The number of amides is 1. The largest absolute Gasteiger partial charge is 0.493 e. The average molecular weight is 369 g/mol. The van der Waals surface area contributed by atoms with Crippen molar-refractivity contribution in [3.8, 4) is 17.2 Å². The van der Waals surface area contributed by atoms with Gasteiger partial charge in [0.1, 0.15) is 5.75 Å². The van der Waals surface area contributed by atoms with E-state index in [1.165, 1.54) is 24.0 Å². The van der Waals surface area contributed by atoms with E-state index in [1.54, 1.807) is 26.2 Å². The molecule has 0 bridgehead atoms. The van der Waals surface area contributed by atoms with E-state index in [4.69, 9.17) is 14.2 Å². The molecule has 0 spiro atoms. The maximum absolute atomic E-state index is 12.4. The maximum atomic E-state index is 12.4. The molecule has 1 aliphatic carbocycles. The number of rotatable bonds is 7. The lowest BCUT2D eigenvalue weighted by molar-refractivity contribution is -0.132. The minimum atomic E-state index is -0.0671. The zero-order valence-corrected chi connectivity index (χ0v) is 16.3. The van der Waals surface area contributed by atoms with Crippen LogP contribution < -0.4 is 14.2 Å². The van der Waals surface area contributed by atoms with Crippen LogP contribution in [0.3, 0.4) is 0 Å². The van der Waals surface area contributed by atoms with Gasteiger partial charge in [0.2, 0.25) is 0 Å². The molecule has 0 atom stereocenters. The Balaban J connectivity index is 1.56.